The van der Waals surface area contributed by atoms with E-state index in [1.807, 2.05) is 36.4 Å². The molecule has 0 radical (unpaired) electrons. The second kappa shape index (κ2) is 5.19. The van der Waals surface area contributed by atoms with E-state index in [0.29, 0.717) is 17.3 Å². The Labute approximate surface area is 114 Å². The largest absolute Gasteiger partial charge is 0.361 e. The number of aromatic nitrogens is 5. The number of anilines is 1. The van der Waals surface area contributed by atoms with Crippen LogP contribution in [-0.2, 0) is 0 Å². The van der Waals surface area contributed by atoms with Crippen molar-refractivity contribution in [3.63, 3.8) is 0 Å². The number of tetrazole rings is 1. The molecule has 2 heterocycles. The smallest absolute Gasteiger partial charge is 0.200 e. The lowest BCUT2D eigenvalue weighted by atomic mass is 10.1. The summed E-state index contributed by atoms with van der Waals surface area (Å²) in [7, 11) is 0. The molecule has 19 heavy (non-hydrogen) atoms. The SMILES string of the molecule is ClCC(Nc1ccc2nnnn2n1)c1ccccc1. The molecule has 0 bridgehead atoms. The van der Waals surface area contributed by atoms with Crippen molar-refractivity contribution >= 4 is 23.1 Å². The number of hydrogen-bond donors (Lipinski definition) is 1. The van der Waals surface area contributed by atoms with Crippen molar-refractivity contribution in [2.24, 2.45) is 0 Å². The normalized spacial score (nSPS) is 12.5. The molecular weight excluding hydrogens is 264 g/mol. The van der Waals surface area contributed by atoms with Gasteiger partial charge < -0.3 is 5.32 Å². The Morgan fingerprint density at radius 1 is 1.16 bits per heavy atom. The number of nitrogens with one attached hydrogen (secondary N) is 1. The molecule has 1 N–H and O–H groups in total. The minimum absolute atomic E-state index is 0.00991. The molecular formula is C12H11ClN6. The number of nitrogens with zero attached hydrogens (tertiary/aromatic N) is 5. The molecule has 0 amide bonds. The highest BCUT2D eigenvalue weighted by atomic mass is 35.5. The predicted octanol–water partition coefficient (Wildman–Crippen LogP) is 1.91. The van der Waals surface area contributed by atoms with Gasteiger partial charge in [0.15, 0.2) is 5.65 Å². The van der Waals surface area contributed by atoms with Crippen LogP contribution >= 0.6 is 11.6 Å². The Bertz CT molecular complexity index is 668. The van der Waals surface area contributed by atoms with E-state index >= 15 is 0 Å². The van der Waals surface area contributed by atoms with Gasteiger partial charge in [0.2, 0.25) is 0 Å². The molecule has 1 unspecified atom stereocenters. The van der Waals surface area contributed by atoms with E-state index in [9.17, 15) is 0 Å². The quantitative estimate of drug-likeness (QED) is 0.736. The summed E-state index contributed by atoms with van der Waals surface area (Å²) in [5.41, 5.74) is 1.71. The highest BCUT2D eigenvalue weighted by Crippen LogP contribution is 2.19. The summed E-state index contributed by atoms with van der Waals surface area (Å²) in [4.78, 5) is 0. The maximum Gasteiger partial charge on any atom is 0.200 e. The molecule has 7 heteroatoms. The number of benzene rings is 1. The van der Waals surface area contributed by atoms with E-state index in [1.165, 1.54) is 4.63 Å². The van der Waals surface area contributed by atoms with Gasteiger partial charge >= 0.3 is 0 Å². The van der Waals surface area contributed by atoms with Crippen LogP contribution in [0.5, 0.6) is 0 Å². The molecule has 0 saturated carbocycles. The van der Waals surface area contributed by atoms with Crippen LogP contribution < -0.4 is 5.32 Å². The van der Waals surface area contributed by atoms with Crippen LogP contribution in [0.4, 0.5) is 5.82 Å². The van der Waals surface area contributed by atoms with Gasteiger partial charge in [0.1, 0.15) is 5.82 Å². The van der Waals surface area contributed by atoms with Crippen LogP contribution in [0.1, 0.15) is 11.6 Å². The lowest BCUT2D eigenvalue weighted by Gasteiger charge is -2.16. The first kappa shape index (κ1) is 11.9. The molecule has 96 valence electrons. The van der Waals surface area contributed by atoms with E-state index in [2.05, 4.69) is 25.9 Å². The summed E-state index contributed by atoms with van der Waals surface area (Å²) < 4.78 is 1.37. The van der Waals surface area contributed by atoms with Crippen LogP contribution in [0, 0.1) is 0 Å². The molecule has 2 aromatic heterocycles. The first-order chi connectivity index (χ1) is 9.36. The maximum absolute atomic E-state index is 6.01. The van der Waals surface area contributed by atoms with Crippen molar-refractivity contribution in [1.82, 2.24) is 25.3 Å². The molecule has 6 nitrogen and oxygen atoms in total. The first-order valence-electron chi connectivity index (χ1n) is 5.80. The van der Waals surface area contributed by atoms with Crippen molar-refractivity contribution in [3.8, 4) is 0 Å². The highest BCUT2D eigenvalue weighted by molar-refractivity contribution is 6.18. The van der Waals surface area contributed by atoms with Crippen molar-refractivity contribution in [2.45, 2.75) is 6.04 Å². The Morgan fingerprint density at radius 2 is 2.00 bits per heavy atom. The third-order valence-corrected chi connectivity index (χ3v) is 3.06. The van der Waals surface area contributed by atoms with E-state index in [4.69, 9.17) is 11.6 Å². The number of halogens is 1. The van der Waals surface area contributed by atoms with Crippen LogP contribution in [0.2, 0.25) is 0 Å². The Hall–Kier alpha value is -2.21. The van der Waals surface area contributed by atoms with Crippen molar-refractivity contribution in [2.75, 3.05) is 11.2 Å². The zero-order valence-electron chi connectivity index (χ0n) is 9.94. The number of alkyl halides is 1. The topological polar surface area (TPSA) is 68.0 Å². The van der Waals surface area contributed by atoms with Gasteiger partial charge in [-0.3, -0.25) is 0 Å². The van der Waals surface area contributed by atoms with E-state index < -0.39 is 0 Å². The maximum atomic E-state index is 6.01. The molecule has 3 rings (SSSR count). The zero-order valence-corrected chi connectivity index (χ0v) is 10.7. The van der Waals surface area contributed by atoms with Gasteiger partial charge in [-0.15, -0.1) is 26.4 Å². The van der Waals surface area contributed by atoms with Gasteiger partial charge in [0.25, 0.3) is 0 Å². The highest BCUT2D eigenvalue weighted by Gasteiger charge is 2.11. The first-order valence-corrected chi connectivity index (χ1v) is 6.33. The number of rotatable bonds is 4. The van der Waals surface area contributed by atoms with Crippen LogP contribution in [0.15, 0.2) is 42.5 Å². The summed E-state index contributed by atoms with van der Waals surface area (Å²) in [6.07, 6.45) is 0. The van der Waals surface area contributed by atoms with Gasteiger partial charge in [0.05, 0.1) is 6.04 Å². The fourth-order valence-corrected chi connectivity index (χ4v) is 2.06. The van der Waals surface area contributed by atoms with Gasteiger partial charge in [0, 0.05) is 5.88 Å². The van der Waals surface area contributed by atoms with Crippen molar-refractivity contribution in [3.05, 3.63) is 48.0 Å². The van der Waals surface area contributed by atoms with Gasteiger partial charge in [-0.05, 0) is 28.1 Å². The summed E-state index contributed by atoms with van der Waals surface area (Å²) >= 11 is 6.01. The van der Waals surface area contributed by atoms with Crippen LogP contribution in [-0.4, -0.2) is 31.1 Å². The summed E-state index contributed by atoms with van der Waals surface area (Å²) in [6.45, 7) is 0. The molecule has 0 aliphatic heterocycles. The minimum atomic E-state index is -0.00991. The van der Waals surface area contributed by atoms with Gasteiger partial charge in [-0.2, -0.15) is 0 Å². The Kier molecular flexibility index (Phi) is 3.24. The van der Waals surface area contributed by atoms with Crippen molar-refractivity contribution < 1.29 is 0 Å². The summed E-state index contributed by atoms with van der Waals surface area (Å²) in [5, 5.41) is 18.6. The Balaban J connectivity index is 1.86. The fourth-order valence-electron chi connectivity index (χ4n) is 1.80. The monoisotopic (exact) mass is 274 g/mol. The molecule has 0 saturated heterocycles. The molecule has 0 fully saturated rings. The third-order valence-electron chi connectivity index (χ3n) is 2.75. The van der Waals surface area contributed by atoms with Crippen molar-refractivity contribution in [1.29, 1.82) is 0 Å². The lowest BCUT2D eigenvalue weighted by Crippen LogP contribution is -2.14. The fraction of sp³-hybridized carbons (Fsp3) is 0.167. The van der Waals surface area contributed by atoms with E-state index in [0.717, 1.165) is 5.56 Å². The summed E-state index contributed by atoms with van der Waals surface area (Å²) in [6, 6.07) is 13.6. The minimum Gasteiger partial charge on any atom is -0.361 e. The average molecular weight is 275 g/mol. The number of hydrogen-bond acceptors (Lipinski definition) is 5. The van der Waals surface area contributed by atoms with Gasteiger partial charge in [-0.25, -0.2) is 0 Å². The van der Waals surface area contributed by atoms with E-state index in [1.54, 1.807) is 6.07 Å². The third kappa shape index (κ3) is 2.48. The standard InChI is InChI=1S/C12H11ClN6/c13-8-10(9-4-2-1-3-5-9)14-11-6-7-12-15-17-18-19(12)16-11/h1-7,10H,8H2,(H,14,16). The predicted molar refractivity (Wildman–Crippen MR) is 72.1 cm³/mol. The van der Waals surface area contributed by atoms with E-state index in [-0.39, 0.29) is 6.04 Å². The molecule has 1 atom stereocenters. The summed E-state index contributed by atoms with van der Waals surface area (Å²) in [5.74, 6) is 1.12. The second-order valence-corrected chi connectivity index (χ2v) is 4.32. The average Bonchev–Trinajstić information content (AvgIpc) is 2.93. The molecule has 0 aliphatic carbocycles. The van der Waals surface area contributed by atoms with Crippen LogP contribution in [0.3, 0.4) is 0 Å². The lowest BCUT2D eigenvalue weighted by molar-refractivity contribution is 0.728. The zero-order chi connectivity index (χ0) is 13.1. The van der Waals surface area contributed by atoms with Crippen LogP contribution in [0.25, 0.3) is 5.65 Å². The molecule has 3 aromatic rings. The van der Waals surface area contributed by atoms with Gasteiger partial charge in [-0.1, -0.05) is 30.3 Å². The Morgan fingerprint density at radius 3 is 2.79 bits per heavy atom. The molecule has 1 aromatic carbocycles. The second-order valence-electron chi connectivity index (χ2n) is 4.01. The molecule has 0 aliphatic rings. The number of fused-ring (bicyclic) bond motifs is 1. The molecule has 0 spiro atoms.